The Hall–Kier alpha value is 0.860. The zero-order chi connectivity index (χ0) is 16.6. The van der Waals surface area contributed by atoms with E-state index in [2.05, 4.69) is 6.92 Å². The van der Waals surface area contributed by atoms with Crippen molar-refractivity contribution in [1.29, 1.82) is 0 Å². The van der Waals surface area contributed by atoms with Gasteiger partial charge in [0.1, 0.15) is 0 Å². The molecular formula is C16H28Na2O6. The fourth-order valence-corrected chi connectivity index (χ4v) is 2.16. The summed E-state index contributed by atoms with van der Waals surface area (Å²) in [6.07, 6.45) is 10.1. The number of hydrogen-bond acceptors (Lipinski definition) is 6. The van der Waals surface area contributed by atoms with Gasteiger partial charge in [-0.2, -0.15) is 0 Å². The van der Waals surface area contributed by atoms with Gasteiger partial charge < -0.3 is 29.3 Å². The van der Waals surface area contributed by atoms with Gasteiger partial charge in [-0.05, 0) is 12.8 Å². The van der Waals surface area contributed by atoms with Crippen LogP contribution in [0.5, 0.6) is 0 Å². The van der Waals surface area contributed by atoms with Crippen LogP contribution in [0.1, 0.15) is 71.1 Å². The zero-order valence-electron chi connectivity index (χ0n) is 15.5. The number of carbonyl (C=O) groups is 2. The van der Waals surface area contributed by atoms with Crippen molar-refractivity contribution in [3.8, 4) is 0 Å². The Morgan fingerprint density at radius 3 is 1.50 bits per heavy atom. The van der Waals surface area contributed by atoms with Crippen molar-refractivity contribution in [2.75, 3.05) is 13.2 Å². The number of unbranched alkanes of at least 4 members (excludes halogenated alkanes) is 8. The quantitative estimate of drug-likeness (QED) is 0.155. The topological polar surface area (TPSA) is 98.7 Å². The Morgan fingerprint density at radius 1 is 0.750 bits per heavy atom. The van der Waals surface area contributed by atoms with Crippen molar-refractivity contribution in [1.82, 2.24) is 0 Å². The molecule has 0 fully saturated rings. The average Bonchev–Trinajstić information content (AvgIpc) is 2.47. The van der Waals surface area contributed by atoms with Gasteiger partial charge in [0.05, 0.1) is 25.2 Å². The monoisotopic (exact) mass is 362 g/mol. The van der Waals surface area contributed by atoms with Crippen LogP contribution in [0.3, 0.4) is 0 Å². The molecule has 0 rings (SSSR count). The Labute approximate surface area is 189 Å². The molecule has 0 amide bonds. The molecule has 130 valence electrons. The number of carboxylic acids is 2. The minimum absolute atomic E-state index is 0. The van der Waals surface area contributed by atoms with E-state index >= 15 is 0 Å². The maximum Gasteiger partial charge on any atom is 1.00 e. The van der Waals surface area contributed by atoms with Gasteiger partial charge in [-0.25, -0.2) is 0 Å². The summed E-state index contributed by atoms with van der Waals surface area (Å²) in [6, 6.07) is 0. The molecule has 0 aliphatic rings. The molecule has 0 aliphatic carbocycles. The molecule has 0 atom stereocenters. The standard InChI is InChI=1S/C16H30O6.2Na/c1-2-3-4-5-6-7-8-9-10-11-16(21-12-14(17)18)22-13-15(19)20;;/h16H,2-13H2,1H3,(H,17,18)(H,19,20);;/q;2*+1/p-2. The van der Waals surface area contributed by atoms with E-state index in [1.165, 1.54) is 38.5 Å². The van der Waals surface area contributed by atoms with E-state index in [9.17, 15) is 19.8 Å². The molecule has 6 nitrogen and oxygen atoms in total. The summed E-state index contributed by atoms with van der Waals surface area (Å²) in [6.45, 7) is 0.992. The Balaban J connectivity index is -0.00000220. The number of rotatable bonds is 16. The number of carboxylic acid groups (broad SMARTS) is 2. The van der Waals surface area contributed by atoms with Gasteiger partial charge in [-0.15, -0.1) is 0 Å². The van der Waals surface area contributed by atoms with Gasteiger partial charge in [0.15, 0.2) is 6.29 Å². The minimum atomic E-state index is -1.35. The molecule has 24 heavy (non-hydrogen) atoms. The van der Waals surface area contributed by atoms with Crippen molar-refractivity contribution < 1.29 is 88.4 Å². The van der Waals surface area contributed by atoms with Crippen LogP contribution in [-0.2, 0) is 19.1 Å². The first-order chi connectivity index (χ1) is 10.6. The van der Waals surface area contributed by atoms with Crippen molar-refractivity contribution in [3.63, 3.8) is 0 Å². The molecule has 8 heteroatoms. The van der Waals surface area contributed by atoms with E-state index in [4.69, 9.17) is 9.47 Å². The van der Waals surface area contributed by atoms with Crippen molar-refractivity contribution in [2.45, 2.75) is 77.4 Å². The Morgan fingerprint density at radius 2 is 1.12 bits per heavy atom. The largest absolute Gasteiger partial charge is 1.00 e. The Kier molecular flexibility index (Phi) is 27.0. The summed E-state index contributed by atoms with van der Waals surface area (Å²) in [4.78, 5) is 20.7. The van der Waals surface area contributed by atoms with E-state index in [0.29, 0.717) is 6.42 Å². The number of aliphatic carboxylic acids is 2. The fourth-order valence-electron chi connectivity index (χ4n) is 2.16. The molecule has 0 bridgehead atoms. The van der Waals surface area contributed by atoms with Gasteiger partial charge >= 0.3 is 59.1 Å². The predicted octanol–water partition coefficient (Wildman–Crippen LogP) is -5.23. The van der Waals surface area contributed by atoms with E-state index < -0.39 is 31.4 Å². The van der Waals surface area contributed by atoms with Crippen molar-refractivity contribution >= 4 is 11.9 Å². The molecule has 0 saturated carbocycles. The van der Waals surface area contributed by atoms with Crippen LogP contribution in [0.15, 0.2) is 0 Å². The Bertz CT molecular complexity index is 284. The summed E-state index contributed by atoms with van der Waals surface area (Å²) in [5.74, 6) is -2.71. The molecule has 0 N–H and O–H groups in total. The minimum Gasteiger partial charge on any atom is -0.548 e. The van der Waals surface area contributed by atoms with Crippen LogP contribution in [0, 0.1) is 0 Å². The van der Waals surface area contributed by atoms with Gasteiger partial charge in [0.25, 0.3) is 0 Å². The van der Waals surface area contributed by atoms with Crippen LogP contribution in [0.2, 0.25) is 0 Å². The van der Waals surface area contributed by atoms with Crippen molar-refractivity contribution in [2.24, 2.45) is 0 Å². The second kappa shape index (κ2) is 21.9. The first-order valence-corrected chi connectivity index (χ1v) is 8.19. The van der Waals surface area contributed by atoms with E-state index in [1.54, 1.807) is 0 Å². The van der Waals surface area contributed by atoms with Gasteiger partial charge in [0, 0.05) is 0 Å². The van der Waals surface area contributed by atoms with E-state index in [1.807, 2.05) is 0 Å². The second-order valence-corrected chi connectivity index (χ2v) is 5.41. The fraction of sp³-hybridized carbons (Fsp3) is 0.875. The number of carbonyl (C=O) groups excluding carboxylic acids is 2. The smallest absolute Gasteiger partial charge is 0.548 e. The van der Waals surface area contributed by atoms with Crippen LogP contribution in [0.4, 0.5) is 0 Å². The van der Waals surface area contributed by atoms with Crippen LogP contribution >= 0.6 is 0 Å². The van der Waals surface area contributed by atoms with Crippen LogP contribution in [-0.4, -0.2) is 31.4 Å². The van der Waals surface area contributed by atoms with Crippen LogP contribution < -0.4 is 69.3 Å². The SMILES string of the molecule is CCCCCCCCCCCC(OCC(=O)[O-])OCC(=O)[O-].[Na+].[Na+]. The van der Waals surface area contributed by atoms with Crippen LogP contribution in [0.25, 0.3) is 0 Å². The molecule has 0 unspecified atom stereocenters. The molecule has 0 aromatic rings. The van der Waals surface area contributed by atoms with Gasteiger partial charge in [0.2, 0.25) is 0 Å². The summed E-state index contributed by atoms with van der Waals surface area (Å²) in [5, 5.41) is 20.7. The zero-order valence-corrected chi connectivity index (χ0v) is 19.5. The van der Waals surface area contributed by atoms with Gasteiger partial charge in [-0.3, -0.25) is 0 Å². The number of ether oxygens (including phenoxy) is 2. The molecule has 0 aromatic heterocycles. The molecule has 0 spiro atoms. The van der Waals surface area contributed by atoms with E-state index in [0.717, 1.165) is 19.3 Å². The molecule has 0 saturated heterocycles. The molecule has 0 heterocycles. The molecular weight excluding hydrogens is 334 g/mol. The second-order valence-electron chi connectivity index (χ2n) is 5.41. The maximum atomic E-state index is 10.3. The first kappa shape index (κ1) is 29.6. The van der Waals surface area contributed by atoms with Crippen molar-refractivity contribution in [3.05, 3.63) is 0 Å². The van der Waals surface area contributed by atoms with E-state index in [-0.39, 0.29) is 59.1 Å². The summed E-state index contributed by atoms with van der Waals surface area (Å²) >= 11 is 0. The molecule has 0 aromatic carbocycles. The third-order valence-corrected chi connectivity index (χ3v) is 3.32. The molecule has 0 aliphatic heterocycles. The first-order valence-electron chi connectivity index (χ1n) is 8.19. The summed E-state index contributed by atoms with van der Waals surface area (Å²) in [5.41, 5.74) is 0. The summed E-state index contributed by atoms with van der Waals surface area (Å²) < 4.78 is 9.90. The van der Waals surface area contributed by atoms with Gasteiger partial charge in [-0.1, -0.05) is 58.3 Å². The number of hydrogen-bond donors (Lipinski definition) is 0. The maximum absolute atomic E-state index is 10.3. The third-order valence-electron chi connectivity index (χ3n) is 3.32. The third kappa shape index (κ3) is 22.9. The predicted molar refractivity (Wildman–Crippen MR) is 77.6 cm³/mol. The normalized spacial score (nSPS) is 10.1. The summed E-state index contributed by atoms with van der Waals surface area (Å²) in [7, 11) is 0. The average molecular weight is 362 g/mol. The molecule has 0 radical (unpaired) electrons.